The van der Waals surface area contributed by atoms with E-state index in [1.807, 2.05) is 18.2 Å². The molecule has 0 spiro atoms. The summed E-state index contributed by atoms with van der Waals surface area (Å²) in [5.74, 6) is 0.131. The highest BCUT2D eigenvalue weighted by molar-refractivity contribution is 5.95. The van der Waals surface area contributed by atoms with Crippen LogP contribution in [0.3, 0.4) is 0 Å². The molecule has 3 heteroatoms. The summed E-state index contributed by atoms with van der Waals surface area (Å²) in [7, 11) is 0. The molecule has 0 saturated heterocycles. The van der Waals surface area contributed by atoms with Crippen LogP contribution >= 0.6 is 0 Å². The van der Waals surface area contributed by atoms with Gasteiger partial charge in [0.2, 0.25) is 5.91 Å². The van der Waals surface area contributed by atoms with Crippen LogP contribution < -0.4 is 4.90 Å². The lowest BCUT2D eigenvalue weighted by molar-refractivity contribution is -0.118. The van der Waals surface area contributed by atoms with E-state index < -0.39 is 0 Å². The number of nitrogens with zero attached hydrogens (tertiary/aromatic N) is 1. The molecule has 1 aromatic carbocycles. The number of aryl methyl sites for hydroxylation is 1. The van der Waals surface area contributed by atoms with Gasteiger partial charge in [-0.1, -0.05) is 18.2 Å². The average molecular weight is 217 g/mol. The highest BCUT2D eigenvalue weighted by atomic mass is 16.2. The van der Waals surface area contributed by atoms with Gasteiger partial charge in [0.1, 0.15) is 6.29 Å². The Morgan fingerprint density at radius 1 is 1.25 bits per heavy atom. The van der Waals surface area contributed by atoms with E-state index in [-0.39, 0.29) is 5.91 Å². The molecule has 0 radical (unpaired) electrons. The van der Waals surface area contributed by atoms with E-state index in [2.05, 4.69) is 6.07 Å². The standard InChI is InChI=1S/C13H15NO2/c15-10-4-9-14-12-7-2-1-5-11(12)6-3-8-13(14)16/h1-2,5,7,10H,3-4,6,8-9H2. The minimum atomic E-state index is 0.131. The molecule has 1 aliphatic rings. The summed E-state index contributed by atoms with van der Waals surface area (Å²) in [6.45, 7) is 0.499. The summed E-state index contributed by atoms with van der Waals surface area (Å²) in [6, 6.07) is 7.95. The molecule has 0 N–H and O–H groups in total. The number of hydrogen-bond donors (Lipinski definition) is 0. The molecule has 0 saturated carbocycles. The number of para-hydroxylation sites is 1. The van der Waals surface area contributed by atoms with Crippen LogP contribution in [0, 0.1) is 0 Å². The van der Waals surface area contributed by atoms with Crippen molar-refractivity contribution in [1.29, 1.82) is 0 Å². The Morgan fingerprint density at radius 2 is 2.06 bits per heavy atom. The van der Waals surface area contributed by atoms with Crippen LogP contribution in [0.4, 0.5) is 5.69 Å². The fraction of sp³-hybridized carbons (Fsp3) is 0.385. The lowest BCUT2D eigenvalue weighted by Gasteiger charge is -2.21. The van der Waals surface area contributed by atoms with Crippen molar-refractivity contribution in [1.82, 2.24) is 0 Å². The Bertz CT molecular complexity index is 401. The molecule has 16 heavy (non-hydrogen) atoms. The quantitative estimate of drug-likeness (QED) is 0.726. The molecule has 0 aliphatic carbocycles. The molecule has 1 aromatic rings. The summed E-state index contributed by atoms with van der Waals surface area (Å²) >= 11 is 0. The molecule has 1 amide bonds. The Morgan fingerprint density at radius 3 is 2.88 bits per heavy atom. The molecular weight excluding hydrogens is 202 g/mol. The fourth-order valence-corrected chi connectivity index (χ4v) is 2.11. The van der Waals surface area contributed by atoms with Crippen molar-refractivity contribution in [3.8, 4) is 0 Å². The van der Waals surface area contributed by atoms with Crippen molar-refractivity contribution in [3.05, 3.63) is 29.8 Å². The molecule has 3 nitrogen and oxygen atoms in total. The lowest BCUT2D eigenvalue weighted by Crippen LogP contribution is -2.31. The second-order valence-corrected chi connectivity index (χ2v) is 3.98. The maximum atomic E-state index is 11.9. The molecule has 1 aliphatic heterocycles. The van der Waals surface area contributed by atoms with E-state index in [9.17, 15) is 9.59 Å². The Balaban J connectivity index is 2.31. The summed E-state index contributed by atoms with van der Waals surface area (Å²) in [5, 5.41) is 0. The molecule has 0 fully saturated rings. The minimum absolute atomic E-state index is 0.131. The zero-order valence-corrected chi connectivity index (χ0v) is 9.19. The van der Waals surface area contributed by atoms with Gasteiger partial charge >= 0.3 is 0 Å². The van der Waals surface area contributed by atoms with Crippen molar-refractivity contribution in [3.63, 3.8) is 0 Å². The van der Waals surface area contributed by atoms with Crippen LogP contribution in [0.1, 0.15) is 24.8 Å². The predicted octanol–water partition coefficient (Wildman–Crippen LogP) is 1.94. The average Bonchev–Trinajstić information content (AvgIpc) is 2.46. The zero-order chi connectivity index (χ0) is 11.4. The van der Waals surface area contributed by atoms with Gasteiger partial charge in [-0.2, -0.15) is 0 Å². The monoisotopic (exact) mass is 217 g/mol. The van der Waals surface area contributed by atoms with E-state index in [0.29, 0.717) is 19.4 Å². The second kappa shape index (κ2) is 4.92. The predicted molar refractivity (Wildman–Crippen MR) is 62.4 cm³/mol. The number of benzene rings is 1. The maximum Gasteiger partial charge on any atom is 0.227 e. The van der Waals surface area contributed by atoms with Gasteiger partial charge in [-0.25, -0.2) is 0 Å². The van der Waals surface area contributed by atoms with Crippen LogP contribution in [-0.2, 0) is 16.0 Å². The summed E-state index contributed by atoms with van der Waals surface area (Å²) in [4.78, 5) is 24.1. The summed E-state index contributed by atoms with van der Waals surface area (Å²) in [6.07, 6.45) is 3.68. The lowest BCUT2D eigenvalue weighted by atomic mass is 10.1. The van der Waals surface area contributed by atoms with E-state index >= 15 is 0 Å². The molecule has 0 unspecified atom stereocenters. The smallest absolute Gasteiger partial charge is 0.227 e. The van der Waals surface area contributed by atoms with E-state index in [1.165, 1.54) is 5.56 Å². The van der Waals surface area contributed by atoms with Gasteiger partial charge in [0, 0.05) is 25.1 Å². The molecule has 84 valence electrons. The van der Waals surface area contributed by atoms with E-state index in [1.54, 1.807) is 4.90 Å². The first-order valence-corrected chi connectivity index (χ1v) is 5.65. The largest absolute Gasteiger partial charge is 0.312 e. The third-order valence-electron chi connectivity index (χ3n) is 2.89. The number of amides is 1. The van der Waals surface area contributed by atoms with Crippen LogP contribution in [0.15, 0.2) is 24.3 Å². The molecule has 0 atom stereocenters. The van der Waals surface area contributed by atoms with Crippen molar-refractivity contribution < 1.29 is 9.59 Å². The zero-order valence-electron chi connectivity index (χ0n) is 9.19. The van der Waals surface area contributed by atoms with E-state index in [0.717, 1.165) is 24.8 Å². The van der Waals surface area contributed by atoms with Gasteiger partial charge in [0.15, 0.2) is 0 Å². The number of aldehydes is 1. The third-order valence-corrected chi connectivity index (χ3v) is 2.89. The maximum absolute atomic E-state index is 11.9. The molecule has 2 rings (SSSR count). The van der Waals surface area contributed by atoms with Crippen molar-refractivity contribution in [2.24, 2.45) is 0 Å². The van der Waals surface area contributed by atoms with Crippen LogP contribution in [0.5, 0.6) is 0 Å². The number of anilines is 1. The normalized spacial score (nSPS) is 15.5. The number of carbonyl (C=O) groups excluding carboxylic acids is 2. The van der Waals surface area contributed by atoms with Gasteiger partial charge in [-0.3, -0.25) is 4.79 Å². The van der Waals surface area contributed by atoms with Crippen LogP contribution in [0.25, 0.3) is 0 Å². The van der Waals surface area contributed by atoms with Gasteiger partial charge in [-0.05, 0) is 24.5 Å². The summed E-state index contributed by atoms with van der Waals surface area (Å²) in [5.41, 5.74) is 2.19. The van der Waals surface area contributed by atoms with Gasteiger partial charge in [0.05, 0.1) is 0 Å². The fourth-order valence-electron chi connectivity index (χ4n) is 2.11. The van der Waals surface area contributed by atoms with Gasteiger partial charge in [0.25, 0.3) is 0 Å². The second-order valence-electron chi connectivity index (χ2n) is 3.98. The SMILES string of the molecule is O=CCCN1C(=O)CCCc2ccccc21. The Kier molecular flexibility index (Phi) is 3.34. The van der Waals surface area contributed by atoms with Gasteiger partial charge in [-0.15, -0.1) is 0 Å². The Labute approximate surface area is 95.1 Å². The number of carbonyl (C=O) groups is 2. The Hall–Kier alpha value is -1.64. The minimum Gasteiger partial charge on any atom is -0.312 e. The first-order valence-electron chi connectivity index (χ1n) is 5.65. The van der Waals surface area contributed by atoms with Gasteiger partial charge < -0.3 is 9.69 Å². The number of fused-ring (bicyclic) bond motifs is 1. The van der Waals surface area contributed by atoms with E-state index in [4.69, 9.17) is 0 Å². The molecule has 0 aromatic heterocycles. The van der Waals surface area contributed by atoms with Crippen molar-refractivity contribution in [2.75, 3.05) is 11.4 Å². The molecular formula is C13H15NO2. The van der Waals surface area contributed by atoms with Crippen LogP contribution in [-0.4, -0.2) is 18.7 Å². The number of rotatable bonds is 3. The molecule has 1 heterocycles. The highest BCUT2D eigenvalue weighted by Gasteiger charge is 2.20. The first kappa shape index (κ1) is 10.9. The van der Waals surface area contributed by atoms with Crippen molar-refractivity contribution >= 4 is 17.9 Å². The number of hydrogen-bond acceptors (Lipinski definition) is 2. The van der Waals surface area contributed by atoms with Crippen LogP contribution in [0.2, 0.25) is 0 Å². The van der Waals surface area contributed by atoms with Crippen molar-refractivity contribution in [2.45, 2.75) is 25.7 Å². The highest BCUT2D eigenvalue weighted by Crippen LogP contribution is 2.26. The topological polar surface area (TPSA) is 37.4 Å². The first-order chi connectivity index (χ1) is 7.83. The third kappa shape index (κ3) is 2.13. The summed E-state index contributed by atoms with van der Waals surface area (Å²) < 4.78 is 0. The molecule has 0 bridgehead atoms.